The third-order valence-corrected chi connectivity index (χ3v) is 8.15. The average molecular weight is 464 g/mol. The van der Waals surface area contributed by atoms with Gasteiger partial charge in [0.1, 0.15) is 9.71 Å². The molecular formula is C25H29N5O2S. The molecule has 3 aromatic rings. The van der Waals surface area contributed by atoms with Gasteiger partial charge in [0.25, 0.3) is 5.91 Å². The number of nitrogen functional groups attached to an aromatic ring is 1. The number of nitrogens with zero attached hydrogens (tertiary/aromatic N) is 2. The molecule has 2 fully saturated rings. The molecule has 33 heavy (non-hydrogen) atoms. The van der Waals surface area contributed by atoms with Crippen LogP contribution in [0, 0.1) is 6.92 Å². The Labute approximate surface area is 197 Å². The van der Waals surface area contributed by atoms with Crippen LogP contribution < -0.4 is 21.3 Å². The average Bonchev–Trinajstić information content (AvgIpc) is 3.14. The van der Waals surface area contributed by atoms with Crippen LogP contribution in [-0.2, 0) is 17.6 Å². The van der Waals surface area contributed by atoms with Gasteiger partial charge in [-0.25, -0.2) is 4.98 Å². The number of morpholine rings is 2. The van der Waals surface area contributed by atoms with Crippen LogP contribution in [0.1, 0.15) is 32.9 Å². The largest absolute Gasteiger partial charge is 0.397 e. The zero-order valence-corrected chi connectivity index (χ0v) is 19.6. The van der Waals surface area contributed by atoms with E-state index in [1.807, 2.05) is 19.1 Å². The number of aryl methyl sites for hydroxylation is 2. The summed E-state index contributed by atoms with van der Waals surface area (Å²) in [5.74, 6) is -0.0910. The number of benzene rings is 1. The van der Waals surface area contributed by atoms with Crippen molar-refractivity contribution in [2.45, 2.75) is 44.4 Å². The van der Waals surface area contributed by atoms with Crippen LogP contribution in [-0.4, -0.2) is 55.3 Å². The van der Waals surface area contributed by atoms with Crippen LogP contribution in [0.25, 0.3) is 10.2 Å². The molecule has 4 heterocycles. The Bertz CT molecular complexity index is 1210. The summed E-state index contributed by atoms with van der Waals surface area (Å²) in [5, 5.41) is 7.55. The molecule has 3 unspecified atom stereocenters. The molecule has 0 radical (unpaired) electrons. The molecule has 2 bridgehead atoms. The Morgan fingerprint density at radius 3 is 2.85 bits per heavy atom. The van der Waals surface area contributed by atoms with Crippen LogP contribution in [0.15, 0.2) is 30.3 Å². The van der Waals surface area contributed by atoms with E-state index in [1.165, 1.54) is 28.2 Å². The second kappa shape index (κ2) is 8.27. The fourth-order valence-electron chi connectivity index (χ4n) is 5.34. The van der Waals surface area contributed by atoms with Crippen molar-refractivity contribution >= 4 is 38.8 Å². The van der Waals surface area contributed by atoms with Crippen molar-refractivity contribution in [2.24, 2.45) is 0 Å². The minimum absolute atomic E-state index is 0.0910. The minimum atomic E-state index is -0.0910. The van der Waals surface area contributed by atoms with Gasteiger partial charge in [-0.15, -0.1) is 11.3 Å². The van der Waals surface area contributed by atoms with E-state index in [0.717, 1.165) is 61.4 Å². The Morgan fingerprint density at radius 2 is 2.03 bits per heavy atom. The zero-order chi connectivity index (χ0) is 22.5. The van der Waals surface area contributed by atoms with Gasteiger partial charge in [-0.3, -0.25) is 4.79 Å². The normalized spacial score (nSPS) is 24.5. The van der Waals surface area contributed by atoms with Crippen molar-refractivity contribution in [1.29, 1.82) is 0 Å². The number of nitrogens with one attached hydrogen (secondary N) is 2. The molecule has 1 aliphatic carbocycles. The zero-order valence-electron chi connectivity index (χ0n) is 18.8. The number of aromatic nitrogens is 1. The van der Waals surface area contributed by atoms with Gasteiger partial charge in [0, 0.05) is 49.0 Å². The maximum Gasteiger partial charge on any atom is 0.263 e. The monoisotopic (exact) mass is 463 g/mol. The number of ether oxygens (including phenoxy) is 1. The van der Waals surface area contributed by atoms with Crippen LogP contribution in [0.2, 0.25) is 0 Å². The molecule has 8 heteroatoms. The second-order valence-electron chi connectivity index (χ2n) is 9.46. The molecule has 0 saturated carbocycles. The Morgan fingerprint density at radius 1 is 1.21 bits per heavy atom. The molecule has 6 rings (SSSR count). The molecule has 2 aromatic heterocycles. The lowest BCUT2D eigenvalue weighted by molar-refractivity contribution is -0.0483. The van der Waals surface area contributed by atoms with E-state index in [4.69, 9.17) is 10.5 Å². The van der Waals surface area contributed by atoms with E-state index < -0.39 is 0 Å². The number of hydrogen-bond acceptors (Lipinski definition) is 7. The molecule has 4 N–H and O–H groups in total. The Balaban J connectivity index is 1.15. The van der Waals surface area contributed by atoms with Gasteiger partial charge < -0.3 is 26.0 Å². The number of pyridine rings is 1. The van der Waals surface area contributed by atoms with Crippen LogP contribution in [0.4, 0.5) is 11.4 Å². The summed E-state index contributed by atoms with van der Waals surface area (Å²) in [6.07, 6.45) is 3.29. The predicted octanol–water partition coefficient (Wildman–Crippen LogP) is 2.65. The van der Waals surface area contributed by atoms with Gasteiger partial charge in [-0.1, -0.05) is 6.07 Å². The van der Waals surface area contributed by atoms with Gasteiger partial charge in [-0.05, 0) is 61.6 Å². The minimum Gasteiger partial charge on any atom is -0.397 e. The quantitative estimate of drug-likeness (QED) is 0.553. The molecule has 7 nitrogen and oxygen atoms in total. The second-order valence-corrected chi connectivity index (χ2v) is 10.5. The lowest BCUT2D eigenvalue weighted by Crippen LogP contribution is -2.58. The number of rotatable bonds is 3. The summed E-state index contributed by atoms with van der Waals surface area (Å²) < 4.78 is 6.05. The molecule has 0 spiro atoms. The van der Waals surface area contributed by atoms with Crippen molar-refractivity contribution in [1.82, 2.24) is 15.6 Å². The van der Waals surface area contributed by atoms with Gasteiger partial charge >= 0.3 is 0 Å². The molecule has 3 atom stereocenters. The molecule has 2 aliphatic heterocycles. The lowest BCUT2D eigenvalue weighted by atomic mass is 9.87. The summed E-state index contributed by atoms with van der Waals surface area (Å²) in [6, 6.07) is 10.8. The summed E-state index contributed by atoms with van der Waals surface area (Å²) in [6.45, 7) is 5.68. The van der Waals surface area contributed by atoms with Gasteiger partial charge in [0.2, 0.25) is 0 Å². The first-order valence-corrected chi connectivity index (χ1v) is 12.5. The first kappa shape index (κ1) is 20.9. The number of carbonyl (C=O) groups excluding carboxylic acids is 1. The SMILES string of the molecule is Cc1ccc2c(N)c(C(=O)NC3CCc4cc(N5CC6CNCC(C5)O6)ccc4C3)sc2n1. The molecule has 1 amide bonds. The summed E-state index contributed by atoms with van der Waals surface area (Å²) in [7, 11) is 0. The van der Waals surface area contributed by atoms with E-state index in [-0.39, 0.29) is 24.2 Å². The standard InChI is InChI=1S/C25H29N5O2S/c1-14-2-7-21-22(26)23(33-25(21)28-14)24(31)29-17-5-3-16-9-18(6-4-15(16)8-17)30-12-19-10-27-11-20(13-30)32-19/h2,4,6-7,9,17,19-20,27H,3,5,8,10-13,26H2,1H3,(H,29,31). The first-order chi connectivity index (χ1) is 16.0. The third kappa shape index (κ3) is 3.96. The Hall–Kier alpha value is -2.68. The number of anilines is 2. The van der Waals surface area contributed by atoms with Crippen molar-refractivity contribution < 1.29 is 9.53 Å². The van der Waals surface area contributed by atoms with Crippen LogP contribution in [0.3, 0.4) is 0 Å². The highest BCUT2D eigenvalue weighted by Crippen LogP contribution is 2.33. The maximum atomic E-state index is 13.0. The molecular weight excluding hydrogens is 434 g/mol. The summed E-state index contributed by atoms with van der Waals surface area (Å²) in [4.78, 5) is 21.4. The highest BCUT2D eigenvalue weighted by molar-refractivity contribution is 7.21. The number of carbonyl (C=O) groups is 1. The van der Waals surface area contributed by atoms with E-state index in [1.54, 1.807) is 0 Å². The van der Waals surface area contributed by atoms with Gasteiger partial charge in [-0.2, -0.15) is 0 Å². The molecule has 3 aliphatic rings. The van der Waals surface area contributed by atoms with E-state index in [0.29, 0.717) is 10.6 Å². The van der Waals surface area contributed by atoms with Crippen molar-refractivity contribution in [3.05, 3.63) is 52.0 Å². The Kier molecular flexibility index (Phi) is 5.24. The number of thiophene rings is 1. The molecule has 172 valence electrons. The van der Waals surface area contributed by atoms with Crippen LogP contribution in [0.5, 0.6) is 0 Å². The number of hydrogen-bond donors (Lipinski definition) is 3. The van der Waals surface area contributed by atoms with Crippen molar-refractivity contribution in [3.8, 4) is 0 Å². The number of amides is 1. The van der Waals surface area contributed by atoms with E-state index >= 15 is 0 Å². The highest BCUT2D eigenvalue weighted by atomic mass is 32.1. The van der Waals surface area contributed by atoms with E-state index in [2.05, 4.69) is 38.7 Å². The summed E-state index contributed by atoms with van der Waals surface area (Å²) >= 11 is 1.38. The summed E-state index contributed by atoms with van der Waals surface area (Å²) in [5.41, 5.74) is 11.8. The molecule has 1 aromatic carbocycles. The fourth-order valence-corrected chi connectivity index (χ4v) is 6.38. The number of nitrogens with two attached hydrogens (primary N) is 1. The highest BCUT2D eigenvalue weighted by Gasteiger charge is 2.32. The maximum absolute atomic E-state index is 13.0. The van der Waals surface area contributed by atoms with Gasteiger partial charge in [0.15, 0.2) is 0 Å². The van der Waals surface area contributed by atoms with E-state index in [9.17, 15) is 4.79 Å². The van der Waals surface area contributed by atoms with Crippen molar-refractivity contribution in [2.75, 3.05) is 36.8 Å². The lowest BCUT2D eigenvalue weighted by Gasteiger charge is -2.43. The fraction of sp³-hybridized carbons (Fsp3) is 0.440. The third-order valence-electron chi connectivity index (χ3n) is 7.03. The number of fused-ring (bicyclic) bond motifs is 4. The van der Waals surface area contributed by atoms with Crippen molar-refractivity contribution in [3.63, 3.8) is 0 Å². The molecule has 2 saturated heterocycles. The predicted molar refractivity (Wildman–Crippen MR) is 132 cm³/mol. The topological polar surface area (TPSA) is 92.5 Å². The van der Waals surface area contributed by atoms with Gasteiger partial charge in [0.05, 0.1) is 17.9 Å². The van der Waals surface area contributed by atoms with Crippen LogP contribution >= 0.6 is 11.3 Å². The smallest absolute Gasteiger partial charge is 0.263 e. The first-order valence-electron chi connectivity index (χ1n) is 11.7.